The van der Waals surface area contributed by atoms with Crippen LogP contribution in [0.1, 0.15) is 6.42 Å². The van der Waals surface area contributed by atoms with Gasteiger partial charge in [0.25, 0.3) is 0 Å². The van der Waals surface area contributed by atoms with Crippen LogP contribution < -0.4 is 15.1 Å². The van der Waals surface area contributed by atoms with Gasteiger partial charge in [0.05, 0.1) is 30.2 Å². The number of β-amino-alcohol motifs (C(OH)–C–C–N with tert-alkyl or cyclic N) is 1. The highest BCUT2D eigenvalue weighted by atomic mass is 16.3. The summed E-state index contributed by atoms with van der Waals surface area (Å²) in [5.41, 5.74) is 1.85. The van der Waals surface area contributed by atoms with E-state index in [-0.39, 0.29) is 12.1 Å². The molecule has 8 heteroatoms. The molecular formula is C21H25N7O. The lowest BCUT2D eigenvalue weighted by atomic mass is 10.2. The van der Waals surface area contributed by atoms with Crippen molar-refractivity contribution < 1.29 is 5.11 Å². The van der Waals surface area contributed by atoms with Crippen LogP contribution >= 0.6 is 0 Å². The molecule has 3 aromatic rings. The lowest BCUT2D eigenvalue weighted by molar-refractivity contribution is 0.194. The van der Waals surface area contributed by atoms with Crippen LogP contribution in [-0.2, 0) is 0 Å². The monoisotopic (exact) mass is 391 g/mol. The van der Waals surface area contributed by atoms with E-state index in [0.717, 1.165) is 22.9 Å². The minimum Gasteiger partial charge on any atom is -0.391 e. The average molecular weight is 391 g/mol. The average Bonchev–Trinajstić information content (AvgIpc) is 3.14. The molecule has 1 saturated heterocycles. The quantitative estimate of drug-likeness (QED) is 0.660. The van der Waals surface area contributed by atoms with Crippen LogP contribution in [-0.4, -0.2) is 64.4 Å². The topological polar surface area (TPSA) is 90.3 Å². The molecular weight excluding hydrogens is 366 g/mol. The van der Waals surface area contributed by atoms with Crippen molar-refractivity contribution in [3.05, 3.63) is 55.1 Å². The van der Waals surface area contributed by atoms with E-state index in [9.17, 15) is 5.11 Å². The smallest absolute Gasteiger partial charge is 0.145 e. The number of rotatable bonds is 6. The molecule has 4 rings (SSSR count). The van der Waals surface area contributed by atoms with E-state index in [4.69, 9.17) is 0 Å². The van der Waals surface area contributed by atoms with Gasteiger partial charge in [0.2, 0.25) is 0 Å². The number of hydrogen-bond donors (Lipinski definition) is 2. The molecule has 1 aliphatic rings. The summed E-state index contributed by atoms with van der Waals surface area (Å²) in [6.07, 6.45) is 5.32. The van der Waals surface area contributed by atoms with Crippen molar-refractivity contribution >= 4 is 17.5 Å². The number of anilines is 3. The Balaban J connectivity index is 1.48. The van der Waals surface area contributed by atoms with Crippen LogP contribution in [0.15, 0.2) is 55.1 Å². The van der Waals surface area contributed by atoms with Gasteiger partial charge in [-0.2, -0.15) is 0 Å². The first-order valence-electron chi connectivity index (χ1n) is 9.65. The summed E-state index contributed by atoms with van der Waals surface area (Å²) in [6.45, 7) is 1.18. The summed E-state index contributed by atoms with van der Waals surface area (Å²) in [7, 11) is 3.89. The summed E-state index contributed by atoms with van der Waals surface area (Å²) in [5.74, 6) is 2.37. The Kier molecular flexibility index (Phi) is 5.53. The Morgan fingerprint density at radius 3 is 2.79 bits per heavy atom. The van der Waals surface area contributed by atoms with Gasteiger partial charge in [-0.3, -0.25) is 4.98 Å². The predicted molar refractivity (Wildman–Crippen MR) is 114 cm³/mol. The van der Waals surface area contributed by atoms with Gasteiger partial charge in [0.15, 0.2) is 0 Å². The number of aromatic nitrogens is 4. The van der Waals surface area contributed by atoms with E-state index in [1.807, 2.05) is 55.4 Å². The van der Waals surface area contributed by atoms with E-state index < -0.39 is 0 Å². The number of nitrogens with zero attached hydrogens (tertiary/aromatic N) is 6. The highest BCUT2D eigenvalue weighted by Crippen LogP contribution is 2.26. The third kappa shape index (κ3) is 4.43. The maximum atomic E-state index is 10.2. The third-order valence-electron chi connectivity index (χ3n) is 5.01. The van der Waals surface area contributed by atoms with Gasteiger partial charge >= 0.3 is 0 Å². The molecule has 1 aliphatic heterocycles. The highest BCUT2D eigenvalue weighted by molar-refractivity contribution is 5.59. The van der Waals surface area contributed by atoms with Gasteiger partial charge < -0.3 is 20.2 Å². The van der Waals surface area contributed by atoms with Crippen molar-refractivity contribution in [2.45, 2.75) is 18.6 Å². The van der Waals surface area contributed by atoms with Crippen molar-refractivity contribution in [2.75, 3.05) is 42.3 Å². The van der Waals surface area contributed by atoms with Gasteiger partial charge in [-0.15, -0.1) is 0 Å². The van der Waals surface area contributed by atoms with E-state index >= 15 is 0 Å². The van der Waals surface area contributed by atoms with Gasteiger partial charge in [-0.1, -0.05) is 30.3 Å². The summed E-state index contributed by atoms with van der Waals surface area (Å²) < 4.78 is 0. The number of hydrogen-bond acceptors (Lipinski definition) is 8. The first-order valence-corrected chi connectivity index (χ1v) is 9.65. The molecule has 8 nitrogen and oxygen atoms in total. The predicted octanol–water partition coefficient (Wildman–Crippen LogP) is 2.05. The molecule has 2 atom stereocenters. The van der Waals surface area contributed by atoms with E-state index in [1.54, 1.807) is 18.7 Å². The van der Waals surface area contributed by atoms with Gasteiger partial charge in [-0.25, -0.2) is 15.0 Å². The van der Waals surface area contributed by atoms with Crippen LogP contribution in [0.4, 0.5) is 17.5 Å². The Morgan fingerprint density at radius 1 is 1.17 bits per heavy atom. The number of nitrogens with one attached hydrogen (secondary N) is 1. The second-order valence-corrected chi connectivity index (χ2v) is 7.36. The molecule has 3 heterocycles. The van der Waals surface area contributed by atoms with Gasteiger partial charge in [-0.05, 0) is 6.42 Å². The number of aliphatic hydroxyl groups excluding tert-OH is 1. The van der Waals surface area contributed by atoms with Crippen molar-refractivity contribution in [3.8, 4) is 11.3 Å². The number of benzene rings is 1. The zero-order valence-electron chi connectivity index (χ0n) is 16.6. The molecule has 0 amide bonds. The van der Waals surface area contributed by atoms with E-state index in [0.29, 0.717) is 25.3 Å². The van der Waals surface area contributed by atoms with Crippen molar-refractivity contribution in [2.24, 2.45) is 0 Å². The zero-order valence-corrected chi connectivity index (χ0v) is 16.6. The molecule has 29 heavy (non-hydrogen) atoms. The van der Waals surface area contributed by atoms with Crippen LogP contribution in [0, 0.1) is 0 Å². The summed E-state index contributed by atoms with van der Waals surface area (Å²) in [5, 5.41) is 13.6. The van der Waals surface area contributed by atoms with Crippen LogP contribution in [0.3, 0.4) is 0 Å². The molecule has 2 aromatic heterocycles. The molecule has 0 aliphatic carbocycles. The van der Waals surface area contributed by atoms with Crippen LogP contribution in [0.2, 0.25) is 0 Å². The molecule has 0 saturated carbocycles. The Morgan fingerprint density at radius 2 is 2.00 bits per heavy atom. The van der Waals surface area contributed by atoms with Crippen molar-refractivity contribution in [3.63, 3.8) is 0 Å². The summed E-state index contributed by atoms with van der Waals surface area (Å²) in [6, 6.07) is 12.0. The Labute approximate surface area is 170 Å². The molecule has 0 unspecified atom stereocenters. The fraction of sp³-hybridized carbons (Fsp3) is 0.333. The largest absolute Gasteiger partial charge is 0.391 e. The van der Waals surface area contributed by atoms with Crippen LogP contribution in [0.5, 0.6) is 0 Å². The fourth-order valence-electron chi connectivity index (χ4n) is 3.53. The lowest BCUT2D eigenvalue weighted by Gasteiger charge is -2.26. The maximum Gasteiger partial charge on any atom is 0.145 e. The van der Waals surface area contributed by atoms with E-state index in [2.05, 4.69) is 30.2 Å². The van der Waals surface area contributed by atoms with Crippen molar-refractivity contribution in [1.82, 2.24) is 19.9 Å². The zero-order chi connectivity index (χ0) is 20.2. The minimum absolute atomic E-state index is 0.0945. The first kappa shape index (κ1) is 19.1. The molecule has 2 N–H and O–H groups in total. The SMILES string of the molecule is CN(C)c1cc(N2C[C@H](O)C[C@@H]2CNc2cncc(-c3ccccc3)n2)ncn1. The van der Waals surface area contributed by atoms with Gasteiger partial charge in [0, 0.05) is 38.8 Å². The molecule has 150 valence electrons. The molecule has 1 aromatic carbocycles. The minimum atomic E-state index is -0.388. The Bertz CT molecular complexity index is 951. The third-order valence-corrected chi connectivity index (χ3v) is 5.01. The first-order chi connectivity index (χ1) is 14.1. The normalized spacial score (nSPS) is 18.7. The molecule has 0 bridgehead atoms. The Hall–Kier alpha value is -3.26. The molecule has 0 radical (unpaired) electrons. The number of aliphatic hydroxyl groups is 1. The van der Waals surface area contributed by atoms with Crippen molar-refractivity contribution in [1.29, 1.82) is 0 Å². The maximum absolute atomic E-state index is 10.2. The second kappa shape index (κ2) is 8.40. The van der Waals surface area contributed by atoms with Gasteiger partial charge in [0.1, 0.15) is 23.8 Å². The molecule has 1 fully saturated rings. The van der Waals surface area contributed by atoms with E-state index in [1.165, 1.54) is 0 Å². The summed E-state index contributed by atoms with van der Waals surface area (Å²) >= 11 is 0. The fourth-order valence-corrected chi connectivity index (χ4v) is 3.53. The summed E-state index contributed by atoms with van der Waals surface area (Å²) in [4.78, 5) is 21.7. The lowest BCUT2D eigenvalue weighted by Crippen LogP contribution is -2.36. The molecule has 0 spiro atoms. The second-order valence-electron chi connectivity index (χ2n) is 7.36. The highest BCUT2D eigenvalue weighted by Gasteiger charge is 2.32. The van der Waals surface area contributed by atoms with Crippen LogP contribution in [0.25, 0.3) is 11.3 Å². The standard InChI is InChI=1S/C21H25N7O/c1-27(2)20-9-21(25-14-24-20)28-13-17(29)8-16(28)10-23-19-12-22-11-18(26-19)15-6-4-3-5-7-15/h3-7,9,11-12,14,16-17,29H,8,10,13H2,1-2H3,(H,23,26)/t16-,17-/m1/s1.